The lowest BCUT2D eigenvalue weighted by Gasteiger charge is -2.30. The van der Waals surface area contributed by atoms with E-state index in [1.54, 1.807) is 98.0 Å². The number of carbonyl (C=O) groups excluding carboxylic acids is 10. The first-order valence-electron chi connectivity index (χ1n) is 30.3. The number of halogens is 1. The van der Waals surface area contributed by atoms with Gasteiger partial charge in [-0.05, 0) is 91.8 Å². The number of aliphatic imine (C=N–C) groups is 1. The number of para-hydroxylation sites is 1. The zero-order valence-electron chi connectivity index (χ0n) is 51.7. The normalized spacial score (nSPS) is 14.9. The summed E-state index contributed by atoms with van der Waals surface area (Å²) in [6.45, 7) is 4.95. The number of carbonyl (C=O) groups is 10. The number of aliphatic hydroxyl groups is 1. The summed E-state index contributed by atoms with van der Waals surface area (Å²) in [6, 6.07) is 19.1. The molecule has 4 aromatic carbocycles. The Morgan fingerprint density at radius 2 is 1.15 bits per heavy atom. The Kier molecular flexibility index (Phi) is 29.2. The van der Waals surface area contributed by atoms with Gasteiger partial charge < -0.3 is 84.6 Å². The first-order valence-corrected chi connectivity index (χ1v) is 30.3. The number of hydrogen-bond donors (Lipinski definition) is 14. The fourth-order valence-corrected chi connectivity index (χ4v) is 10.4. The van der Waals surface area contributed by atoms with Crippen molar-refractivity contribution in [1.82, 2.24) is 52.4 Å². The molecule has 6 rings (SSSR count). The number of likely N-dealkylation sites (N-methyl/N-ethyl adjacent to an activating group) is 1. The number of likely N-dealkylation sites (tertiary alicyclic amines) is 1. The molecule has 2 heterocycles. The van der Waals surface area contributed by atoms with E-state index in [2.05, 4.69) is 52.5 Å². The molecule has 0 saturated carbocycles. The molecule has 10 amide bonds. The predicted octanol–water partition coefficient (Wildman–Crippen LogP) is 1.01. The molecule has 0 unspecified atom stereocenters. The van der Waals surface area contributed by atoms with Crippen LogP contribution in [0.1, 0.15) is 88.0 Å². The molecule has 0 radical (unpaired) electrons. The predicted molar refractivity (Wildman–Crippen MR) is 345 cm³/mol. The van der Waals surface area contributed by atoms with Crippen LogP contribution in [-0.2, 0) is 73.8 Å². The molecular weight excluding hydrogens is 1210 g/mol. The van der Waals surface area contributed by atoms with Crippen molar-refractivity contribution in [1.29, 1.82) is 0 Å². The summed E-state index contributed by atoms with van der Waals surface area (Å²) in [4.78, 5) is 149. The van der Waals surface area contributed by atoms with E-state index in [9.17, 15) is 58.2 Å². The number of hydrogen-bond acceptors (Lipinski definition) is 14. The number of nitrogens with two attached hydrogens (primary N) is 3. The number of H-pyrrole nitrogens is 1. The third-order valence-electron chi connectivity index (χ3n) is 15.1. The number of phenols is 1. The number of ether oxygens (including phenoxy) is 1. The highest BCUT2D eigenvalue weighted by Gasteiger charge is 2.39. The van der Waals surface area contributed by atoms with Crippen molar-refractivity contribution >= 4 is 88.5 Å². The third kappa shape index (κ3) is 22.9. The number of aromatic hydroxyl groups is 1. The molecule has 28 heteroatoms. The standard InChI is InChI=1S/C64H84N14O13.ClH/c1-4-68-61(88)53-22-14-30-78(53)62(89)47(21-13-29-69-63(66)67)71-56(83)48(31-38(2)3)72-57(84)49(32-39-15-7-5-8-16-39)73-58(85)50(33-40-23-25-43(80)26-24-40)74-60(87)52(36-79)76-59(86)51(34-42-35-70-45-20-12-11-19-44(42)45)75-55(82)46(27-28-54(65)81)77-64(90)91-37-41-17-9-6-10-18-41;/h5-12,15-20,23-26,35,38,46-53,70,79-80H,4,13-14,21-22,27-34,36-37H2,1-3H3,(H2,65,81)(H,68,88)(H,71,83)(H,72,84)(H,73,85)(H,74,87)(H,75,82)(H,76,86)(H,77,90)(H4,66,67,69);1H/t46-,47-,48-,49+,50-,51-,52-,53-;/m0./s1. The van der Waals surface area contributed by atoms with Crippen molar-refractivity contribution in [3.8, 4) is 5.75 Å². The van der Waals surface area contributed by atoms with Crippen LogP contribution in [0.2, 0.25) is 0 Å². The SMILES string of the molecule is CCNC(=O)[C@@H]1CCCN1C(=O)[C@H](CCCN=C(N)N)NC(=O)[C@H](CC(C)C)NC(=O)[C@@H](Cc1ccccc1)NC(=O)[C@H](Cc1ccc(O)cc1)NC(=O)[C@H](CO)NC(=O)[C@H](Cc1c[nH]c2ccccc12)NC(=O)[C@H](CCC(N)=O)NC(=O)OCc1ccccc1.Cl. The van der Waals surface area contributed by atoms with Crippen molar-refractivity contribution in [3.63, 3.8) is 0 Å². The zero-order valence-corrected chi connectivity index (χ0v) is 52.5. The number of nitrogens with zero attached hydrogens (tertiary/aromatic N) is 2. The van der Waals surface area contributed by atoms with Gasteiger partial charge in [-0.2, -0.15) is 0 Å². The molecule has 5 aromatic rings. The minimum absolute atomic E-state index is 0. The Bertz CT molecular complexity index is 3310. The summed E-state index contributed by atoms with van der Waals surface area (Å²) in [5.74, 6) is -7.58. The Labute approximate surface area is 539 Å². The first kappa shape index (κ1) is 73.0. The second-order valence-corrected chi connectivity index (χ2v) is 22.6. The molecule has 1 saturated heterocycles. The minimum Gasteiger partial charge on any atom is -0.508 e. The molecule has 496 valence electrons. The second-order valence-electron chi connectivity index (χ2n) is 22.6. The summed E-state index contributed by atoms with van der Waals surface area (Å²) in [5.41, 5.74) is 19.5. The Morgan fingerprint density at radius 1 is 0.630 bits per heavy atom. The van der Waals surface area contributed by atoms with Gasteiger partial charge in [0.05, 0.1) is 6.61 Å². The number of benzene rings is 4. The van der Waals surface area contributed by atoms with E-state index in [4.69, 9.17) is 21.9 Å². The van der Waals surface area contributed by atoms with Gasteiger partial charge in [0, 0.05) is 62.4 Å². The van der Waals surface area contributed by atoms with Crippen molar-refractivity contribution in [2.45, 2.75) is 140 Å². The summed E-state index contributed by atoms with van der Waals surface area (Å²) in [6.07, 6.45) is 0.695. The Morgan fingerprint density at radius 3 is 1.74 bits per heavy atom. The van der Waals surface area contributed by atoms with Crippen molar-refractivity contribution < 1.29 is 62.9 Å². The van der Waals surface area contributed by atoms with E-state index < -0.39 is 108 Å². The van der Waals surface area contributed by atoms with Gasteiger partial charge in [0.25, 0.3) is 0 Å². The molecule has 92 heavy (non-hydrogen) atoms. The topological polar surface area (TPSA) is 426 Å². The van der Waals surface area contributed by atoms with E-state index in [-0.39, 0.29) is 107 Å². The number of amides is 10. The van der Waals surface area contributed by atoms with Gasteiger partial charge in [-0.3, -0.25) is 48.1 Å². The fourth-order valence-electron chi connectivity index (χ4n) is 10.4. The van der Waals surface area contributed by atoms with Crippen LogP contribution in [0.25, 0.3) is 10.9 Å². The fraction of sp³-hybridized carbons (Fsp3) is 0.422. The van der Waals surface area contributed by atoms with Gasteiger partial charge in [-0.25, -0.2) is 4.79 Å². The van der Waals surface area contributed by atoms with Crippen LogP contribution in [0.4, 0.5) is 4.79 Å². The van der Waals surface area contributed by atoms with Crippen LogP contribution in [-0.4, -0.2) is 160 Å². The number of rotatable bonds is 34. The molecule has 0 aliphatic carbocycles. The van der Waals surface area contributed by atoms with E-state index in [0.29, 0.717) is 52.5 Å². The largest absolute Gasteiger partial charge is 0.508 e. The summed E-state index contributed by atoms with van der Waals surface area (Å²) in [7, 11) is 0. The summed E-state index contributed by atoms with van der Waals surface area (Å²) >= 11 is 0. The second kappa shape index (κ2) is 36.8. The van der Waals surface area contributed by atoms with Gasteiger partial charge in [0.1, 0.15) is 60.7 Å². The molecule has 27 nitrogen and oxygen atoms in total. The van der Waals surface area contributed by atoms with Crippen molar-refractivity contribution in [2.75, 3.05) is 26.2 Å². The molecule has 1 aliphatic heterocycles. The third-order valence-corrected chi connectivity index (χ3v) is 15.1. The van der Waals surface area contributed by atoms with Gasteiger partial charge in [0.15, 0.2) is 5.96 Å². The Hall–Kier alpha value is -9.76. The lowest BCUT2D eigenvalue weighted by atomic mass is 9.99. The number of fused-ring (bicyclic) bond motifs is 1. The molecular formula is C64H85ClN14O13. The van der Waals surface area contributed by atoms with Crippen LogP contribution in [0.15, 0.2) is 120 Å². The Balaban J connectivity index is 0.0000154. The average Bonchev–Trinajstić information content (AvgIpc) is 1.74. The number of phenolic OH excluding ortho intramolecular Hbond substituents is 1. The monoisotopic (exact) mass is 1290 g/mol. The van der Waals surface area contributed by atoms with Crippen LogP contribution in [0.5, 0.6) is 5.75 Å². The van der Waals surface area contributed by atoms with Crippen LogP contribution in [0.3, 0.4) is 0 Å². The molecule has 0 spiro atoms. The molecule has 1 aliphatic rings. The van der Waals surface area contributed by atoms with Crippen LogP contribution >= 0.6 is 12.4 Å². The number of nitrogens with one attached hydrogen (secondary N) is 9. The van der Waals surface area contributed by atoms with Crippen LogP contribution in [0, 0.1) is 5.92 Å². The minimum atomic E-state index is -1.80. The quantitative estimate of drug-likeness (QED) is 0.0155. The van der Waals surface area contributed by atoms with E-state index in [1.807, 2.05) is 13.8 Å². The highest BCUT2D eigenvalue weighted by Crippen LogP contribution is 2.22. The van der Waals surface area contributed by atoms with Gasteiger partial charge >= 0.3 is 6.09 Å². The lowest BCUT2D eigenvalue weighted by molar-refractivity contribution is -0.142. The van der Waals surface area contributed by atoms with Gasteiger partial charge in [0.2, 0.25) is 53.2 Å². The van der Waals surface area contributed by atoms with Gasteiger partial charge in [-0.15, -0.1) is 12.4 Å². The average molecular weight is 1290 g/mol. The van der Waals surface area contributed by atoms with E-state index >= 15 is 0 Å². The molecule has 0 bridgehead atoms. The maximum absolute atomic E-state index is 14.9. The van der Waals surface area contributed by atoms with Crippen LogP contribution < -0.4 is 59.7 Å². The number of alkyl carbamates (subject to hydrolysis) is 1. The number of guanidine groups is 1. The van der Waals surface area contributed by atoms with Crippen molar-refractivity contribution in [2.24, 2.45) is 28.1 Å². The smallest absolute Gasteiger partial charge is 0.408 e. The number of primary amides is 1. The molecule has 1 fully saturated rings. The highest BCUT2D eigenvalue weighted by molar-refractivity contribution is 5.99. The highest BCUT2D eigenvalue weighted by atomic mass is 35.5. The number of aliphatic hydroxyl groups excluding tert-OH is 1. The van der Waals surface area contributed by atoms with E-state index in [0.717, 1.165) is 0 Å². The molecule has 1 aromatic heterocycles. The van der Waals surface area contributed by atoms with Gasteiger partial charge in [-0.1, -0.05) is 105 Å². The number of aromatic amines is 1. The first-order chi connectivity index (χ1) is 43.6. The maximum atomic E-state index is 14.9. The maximum Gasteiger partial charge on any atom is 0.408 e. The summed E-state index contributed by atoms with van der Waals surface area (Å²) < 4.78 is 5.34. The number of aromatic nitrogens is 1. The zero-order chi connectivity index (χ0) is 66.0. The van der Waals surface area contributed by atoms with E-state index in [1.165, 1.54) is 29.2 Å². The molecule has 8 atom stereocenters. The lowest BCUT2D eigenvalue weighted by Crippen LogP contribution is -2.61. The summed E-state index contributed by atoms with van der Waals surface area (Å²) in [5, 5.41) is 43.0. The molecule has 17 N–H and O–H groups in total. The van der Waals surface area contributed by atoms with Crippen molar-refractivity contribution in [3.05, 3.63) is 138 Å².